The van der Waals surface area contributed by atoms with Gasteiger partial charge in [0.1, 0.15) is 5.01 Å². The summed E-state index contributed by atoms with van der Waals surface area (Å²) in [6.45, 7) is 6.88. The van der Waals surface area contributed by atoms with Crippen molar-refractivity contribution in [1.29, 1.82) is 0 Å². The molecular formula is C18H25N5OS. The second-order valence-corrected chi connectivity index (χ2v) is 8.57. The fourth-order valence-corrected chi connectivity index (χ4v) is 4.39. The van der Waals surface area contributed by atoms with Crippen molar-refractivity contribution in [2.45, 2.75) is 57.9 Å². The van der Waals surface area contributed by atoms with E-state index in [2.05, 4.69) is 33.9 Å². The molecule has 2 aromatic rings. The van der Waals surface area contributed by atoms with E-state index in [1.807, 2.05) is 0 Å². The molecule has 0 N–H and O–H groups in total. The molecule has 0 amide bonds. The number of nitrogens with zero attached hydrogens (tertiary/aromatic N) is 5. The summed E-state index contributed by atoms with van der Waals surface area (Å²) in [5.41, 5.74) is 0.943. The van der Waals surface area contributed by atoms with Gasteiger partial charge in [-0.1, -0.05) is 25.2 Å². The maximum atomic E-state index is 12.3. The smallest absolute Gasteiger partial charge is 0.253 e. The quantitative estimate of drug-likeness (QED) is 0.821. The fraction of sp³-hybridized carbons (Fsp3) is 0.667. The minimum Gasteiger partial charge on any atom is -0.347 e. The maximum Gasteiger partial charge on any atom is 0.253 e. The van der Waals surface area contributed by atoms with Crippen molar-refractivity contribution >= 4 is 16.5 Å². The van der Waals surface area contributed by atoms with Crippen molar-refractivity contribution in [3.8, 4) is 0 Å². The molecule has 0 unspecified atom stereocenters. The number of hydrogen-bond acceptors (Lipinski definition) is 6. The van der Waals surface area contributed by atoms with Gasteiger partial charge in [0.15, 0.2) is 0 Å². The van der Waals surface area contributed by atoms with Gasteiger partial charge in [0.25, 0.3) is 5.56 Å². The van der Waals surface area contributed by atoms with Crippen LogP contribution >= 0.6 is 11.3 Å². The van der Waals surface area contributed by atoms with E-state index in [1.165, 1.54) is 17.8 Å². The zero-order valence-electron chi connectivity index (χ0n) is 14.9. The number of anilines is 1. The average molecular weight is 359 g/mol. The van der Waals surface area contributed by atoms with Gasteiger partial charge in [-0.15, -0.1) is 10.2 Å². The Bertz CT molecular complexity index is 787. The van der Waals surface area contributed by atoms with Gasteiger partial charge in [-0.3, -0.25) is 9.36 Å². The summed E-state index contributed by atoms with van der Waals surface area (Å²) in [4.78, 5) is 19.1. The van der Waals surface area contributed by atoms with Gasteiger partial charge in [0, 0.05) is 31.6 Å². The second-order valence-electron chi connectivity index (χ2n) is 7.59. The lowest BCUT2D eigenvalue weighted by atomic mass is 9.97. The molecule has 0 radical (unpaired) electrons. The highest BCUT2D eigenvalue weighted by Gasteiger charge is 2.29. The molecular weight excluding hydrogens is 334 g/mol. The summed E-state index contributed by atoms with van der Waals surface area (Å²) in [5.74, 6) is 1.49. The van der Waals surface area contributed by atoms with Crippen molar-refractivity contribution in [3.63, 3.8) is 0 Å². The lowest BCUT2D eigenvalue weighted by Gasteiger charge is -2.31. The number of aromatic nitrogens is 4. The van der Waals surface area contributed by atoms with Gasteiger partial charge in [0.2, 0.25) is 5.13 Å². The first-order chi connectivity index (χ1) is 12.1. The second kappa shape index (κ2) is 6.86. The molecule has 0 aromatic carbocycles. The average Bonchev–Trinajstić information content (AvgIpc) is 3.34. The first kappa shape index (κ1) is 16.7. The monoisotopic (exact) mass is 359 g/mol. The molecule has 2 aromatic heterocycles. The zero-order chi connectivity index (χ0) is 17.4. The van der Waals surface area contributed by atoms with Crippen molar-refractivity contribution in [2.24, 2.45) is 5.92 Å². The van der Waals surface area contributed by atoms with Crippen LogP contribution in [0.1, 0.15) is 62.1 Å². The Morgan fingerprint density at radius 3 is 2.60 bits per heavy atom. The minimum absolute atomic E-state index is 0.0688. The van der Waals surface area contributed by atoms with Crippen molar-refractivity contribution in [2.75, 3.05) is 18.0 Å². The van der Waals surface area contributed by atoms with Crippen molar-refractivity contribution in [1.82, 2.24) is 19.7 Å². The summed E-state index contributed by atoms with van der Waals surface area (Å²) in [5, 5.41) is 11.0. The third-order valence-electron chi connectivity index (χ3n) is 5.19. The molecule has 1 aliphatic heterocycles. The topological polar surface area (TPSA) is 63.9 Å². The maximum absolute atomic E-state index is 12.3. The van der Waals surface area contributed by atoms with Crippen LogP contribution in [-0.4, -0.2) is 32.8 Å². The van der Waals surface area contributed by atoms with Crippen LogP contribution in [0.2, 0.25) is 0 Å². The summed E-state index contributed by atoms with van der Waals surface area (Å²) >= 11 is 1.76. The van der Waals surface area contributed by atoms with Crippen LogP contribution in [0, 0.1) is 5.92 Å². The van der Waals surface area contributed by atoms with Crippen LogP contribution < -0.4 is 10.5 Å². The largest absolute Gasteiger partial charge is 0.347 e. The van der Waals surface area contributed by atoms with E-state index >= 15 is 0 Å². The molecule has 2 aliphatic rings. The third kappa shape index (κ3) is 3.76. The highest BCUT2D eigenvalue weighted by Crippen LogP contribution is 2.42. The minimum atomic E-state index is 0.0688. The Hall–Kier alpha value is -1.76. The molecule has 25 heavy (non-hydrogen) atoms. The van der Waals surface area contributed by atoms with Crippen LogP contribution in [0.5, 0.6) is 0 Å². The van der Waals surface area contributed by atoms with E-state index in [0.29, 0.717) is 11.8 Å². The molecule has 1 saturated carbocycles. The summed E-state index contributed by atoms with van der Waals surface area (Å²) in [7, 11) is 0. The van der Waals surface area contributed by atoms with E-state index in [-0.39, 0.29) is 11.5 Å². The molecule has 1 saturated heterocycles. The summed E-state index contributed by atoms with van der Waals surface area (Å²) in [6.07, 6.45) is 6.42. The van der Waals surface area contributed by atoms with E-state index in [1.54, 1.807) is 28.3 Å². The standard InChI is InChI=1S/C18H25N5OS/c1-12(2)15-9-16(24)23(11-19-15)10-13-5-7-22(8-6-13)18-21-20-17(25-18)14-3-4-14/h9,11-14H,3-8,10H2,1-2H3. The number of rotatable bonds is 5. The Balaban J connectivity index is 1.34. The molecule has 0 spiro atoms. The van der Waals surface area contributed by atoms with Gasteiger partial charge < -0.3 is 4.90 Å². The summed E-state index contributed by atoms with van der Waals surface area (Å²) in [6, 6.07) is 1.68. The van der Waals surface area contributed by atoms with Gasteiger partial charge in [-0.25, -0.2) is 4.98 Å². The van der Waals surface area contributed by atoms with Crippen LogP contribution in [0.25, 0.3) is 0 Å². The highest BCUT2D eigenvalue weighted by atomic mass is 32.1. The zero-order valence-corrected chi connectivity index (χ0v) is 15.7. The molecule has 1 aliphatic carbocycles. The van der Waals surface area contributed by atoms with Gasteiger partial charge in [0.05, 0.1) is 12.0 Å². The predicted octanol–water partition coefficient (Wildman–Crippen LogP) is 3.01. The van der Waals surface area contributed by atoms with Crippen molar-refractivity contribution < 1.29 is 0 Å². The molecule has 7 heteroatoms. The molecule has 0 bridgehead atoms. The Morgan fingerprint density at radius 1 is 1.20 bits per heavy atom. The lowest BCUT2D eigenvalue weighted by Crippen LogP contribution is -2.36. The number of hydrogen-bond donors (Lipinski definition) is 0. The van der Waals surface area contributed by atoms with E-state index in [0.717, 1.165) is 43.3 Å². The van der Waals surface area contributed by atoms with Crippen LogP contribution in [0.15, 0.2) is 17.2 Å². The number of piperidine rings is 1. The van der Waals surface area contributed by atoms with E-state index in [9.17, 15) is 4.79 Å². The lowest BCUT2D eigenvalue weighted by molar-refractivity contribution is 0.350. The predicted molar refractivity (Wildman–Crippen MR) is 99.4 cm³/mol. The van der Waals surface area contributed by atoms with E-state index in [4.69, 9.17) is 0 Å². The fourth-order valence-electron chi connectivity index (χ4n) is 3.33. The molecule has 134 valence electrons. The Kier molecular flexibility index (Phi) is 4.58. The van der Waals surface area contributed by atoms with Crippen LogP contribution in [0.4, 0.5) is 5.13 Å². The Morgan fingerprint density at radius 2 is 1.96 bits per heavy atom. The molecule has 0 atom stereocenters. The molecule has 6 nitrogen and oxygen atoms in total. The summed E-state index contributed by atoms with van der Waals surface area (Å²) < 4.78 is 1.77. The Labute approximate surface area is 151 Å². The first-order valence-electron chi connectivity index (χ1n) is 9.25. The molecule has 2 fully saturated rings. The van der Waals surface area contributed by atoms with Gasteiger partial charge >= 0.3 is 0 Å². The van der Waals surface area contributed by atoms with Crippen LogP contribution in [0.3, 0.4) is 0 Å². The normalized spacial score (nSPS) is 18.9. The van der Waals surface area contributed by atoms with Gasteiger partial charge in [-0.2, -0.15) is 0 Å². The van der Waals surface area contributed by atoms with Gasteiger partial charge in [-0.05, 0) is 37.5 Å². The SMILES string of the molecule is CC(C)c1cc(=O)n(CC2CCN(c3nnc(C4CC4)s3)CC2)cn1. The molecule has 3 heterocycles. The highest BCUT2D eigenvalue weighted by molar-refractivity contribution is 7.15. The van der Waals surface area contributed by atoms with Crippen LogP contribution in [-0.2, 0) is 6.54 Å². The third-order valence-corrected chi connectivity index (χ3v) is 6.34. The van der Waals surface area contributed by atoms with Crippen molar-refractivity contribution in [3.05, 3.63) is 33.4 Å². The molecule has 4 rings (SSSR count). The first-order valence-corrected chi connectivity index (χ1v) is 10.1. The van der Waals surface area contributed by atoms with E-state index < -0.39 is 0 Å².